The lowest BCUT2D eigenvalue weighted by Gasteiger charge is -2.22. The molecule has 0 fully saturated rings. The molecule has 4 rings (SSSR count). The Morgan fingerprint density at radius 3 is 2.55 bits per heavy atom. The van der Waals surface area contributed by atoms with E-state index >= 15 is 0 Å². The minimum atomic E-state index is -0.722. The number of rotatable bonds is 7. The van der Waals surface area contributed by atoms with E-state index in [9.17, 15) is 9.59 Å². The first-order valence-corrected chi connectivity index (χ1v) is 11.0. The van der Waals surface area contributed by atoms with Crippen LogP contribution in [-0.2, 0) is 11.2 Å². The van der Waals surface area contributed by atoms with E-state index in [4.69, 9.17) is 4.74 Å². The zero-order chi connectivity index (χ0) is 23.5. The number of para-hydroxylation sites is 1. The van der Waals surface area contributed by atoms with Gasteiger partial charge < -0.3 is 20.0 Å². The Morgan fingerprint density at radius 1 is 1.09 bits per heavy atom. The van der Waals surface area contributed by atoms with Crippen molar-refractivity contribution in [1.82, 2.24) is 20.3 Å². The molecule has 170 valence electrons. The third kappa shape index (κ3) is 5.31. The molecule has 0 aliphatic rings. The number of aryl methyl sites for hydroxylation is 3. The second-order valence-corrected chi connectivity index (χ2v) is 8.46. The predicted molar refractivity (Wildman–Crippen MR) is 128 cm³/mol. The molecule has 1 amide bonds. The van der Waals surface area contributed by atoms with Crippen LogP contribution in [0.3, 0.4) is 0 Å². The summed E-state index contributed by atoms with van der Waals surface area (Å²) in [5, 5.41) is 4.11. The summed E-state index contributed by atoms with van der Waals surface area (Å²) < 4.78 is 5.92. The minimum absolute atomic E-state index is 0.254. The number of ether oxygens (including phenoxy) is 1. The van der Waals surface area contributed by atoms with Crippen LogP contribution in [0.2, 0.25) is 0 Å². The highest BCUT2D eigenvalue weighted by Gasteiger charge is 2.23. The van der Waals surface area contributed by atoms with Gasteiger partial charge in [0.05, 0.1) is 11.7 Å². The fourth-order valence-corrected chi connectivity index (χ4v) is 4.08. The summed E-state index contributed by atoms with van der Waals surface area (Å²) in [7, 11) is 0. The fourth-order valence-electron chi connectivity index (χ4n) is 4.08. The van der Waals surface area contributed by atoms with Crippen molar-refractivity contribution in [2.75, 3.05) is 0 Å². The van der Waals surface area contributed by atoms with Crippen LogP contribution in [0.15, 0.2) is 59.5 Å². The molecule has 3 N–H and O–H groups in total. The lowest BCUT2D eigenvalue weighted by Crippen LogP contribution is -2.40. The zero-order valence-electron chi connectivity index (χ0n) is 19.2. The summed E-state index contributed by atoms with van der Waals surface area (Å²) in [6.45, 7) is 7.42. The van der Waals surface area contributed by atoms with Gasteiger partial charge in [0, 0.05) is 29.6 Å². The van der Waals surface area contributed by atoms with Gasteiger partial charge in [-0.3, -0.25) is 9.59 Å². The molecule has 2 aromatic heterocycles. The number of fused-ring (bicyclic) bond motifs is 1. The van der Waals surface area contributed by atoms with Crippen LogP contribution in [0.25, 0.3) is 10.9 Å². The van der Waals surface area contributed by atoms with Crippen LogP contribution in [0.4, 0.5) is 0 Å². The number of carbonyl (C=O) groups is 1. The maximum atomic E-state index is 13.1. The molecular weight excluding hydrogens is 416 g/mol. The lowest BCUT2D eigenvalue weighted by atomic mass is 10.0. The van der Waals surface area contributed by atoms with Gasteiger partial charge in [-0.1, -0.05) is 24.3 Å². The highest BCUT2D eigenvalue weighted by atomic mass is 16.5. The third-order valence-electron chi connectivity index (χ3n) is 5.53. The van der Waals surface area contributed by atoms with Crippen molar-refractivity contribution in [3.05, 3.63) is 93.3 Å². The number of nitrogens with one attached hydrogen (secondary N) is 3. The lowest BCUT2D eigenvalue weighted by molar-refractivity contribution is -0.128. The Kier molecular flexibility index (Phi) is 6.31. The smallest absolute Gasteiger partial charge is 0.261 e. The Balaban J connectivity index is 1.60. The summed E-state index contributed by atoms with van der Waals surface area (Å²) in [5.74, 6) is 0.863. The van der Waals surface area contributed by atoms with Crippen LogP contribution in [0.5, 0.6) is 5.75 Å². The quantitative estimate of drug-likeness (QED) is 0.400. The summed E-state index contributed by atoms with van der Waals surface area (Å²) in [6, 6.07) is 14.8. The number of aromatic nitrogens is 3. The summed E-state index contributed by atoms with van der Waals surface area (Å²) >= 11 is 0. The van der Waals surface area contributed by atoms with Gasteiger partial charge in [0.25, 0.3) is 11.5 Å². The monoisotopic (exact) mass is 444 g/mol. The standard InChI is InChI=1S/C26H28N4O3/c1-15-9-16(2)11-20(10-15)33-17(3)26(32)30-23(24-13-25(31)29-18(4)28-24)12-19-14-27-22-8-6-5-7-21(19)22/h5-11,13-14,17,23,27H,12H2,1-4H3,(H,30,32)(H,28,29,31)/t17-,23-/m1/s1. The number of hydrogen-bond acceptors (Lipinski definition) is 4. The molecule has 0 radical (unpaired) electrons. The molecule has 0 unspecified atom stereocenters. The Bertz CT molecular complexity index is 1330. The molecule has 0 saturated carbocycles. The average molecular weight is 445 g/mol. The van der Waals surface area contributed by atoms with Gasteiger partial charge in [-0.05, 0) is 62.6 Å². The van der Waals surface area contributed by atoms with Crippen molar-refractivity contribution in [2.45, 2.75) is 46.3 Å². The number of nitrogens with zero attached hydrogens (tertiary/aromatic N) is 1. The van der Waals surface area contributed by atoms with Gasteiger partial charge in [0.15, 0.2) is 6.10 Å². The number of aromatic amines is 2. The molecule has 4 aromatic rings. The second-order valence-electron chi connectivity index (χ2n) is 8.46. The van der Waals surface area contributed by atoms with Crippen LogP contribution < -0.4 is 15.6 Å². The number of H-pyrrole nitrogens is 2. The van der Waals surface area contributed by atoms with E-state index in [1.54, 1.807) is 13.8 Å². The van der Waals surface area contributed by atoms with Crippen molar-refractivity contribution in [2.24, 2.45) is 0 Å². The summed E-state index contributed by atoms with van der Waals surface area (Å²) in [5.41, 5.74) is 4.43. The molecule has 2 atom stereocenters. The SMILES string of the molecule is Cc1cc(C)cc(O[C@H](C)C(=O)N[C@H](Cc2c[nH]c3ccccc23)c2cc(=O)[nH]c(C)n2)c1. The van der Waals surface area contributed by atoms with E-state index in [0.29, 0.717) is 23.7 Å². The summed E-state index contributed by atoms with van der Waals surface area (Å²) in [6.07, 6.45) is 1.68. The van der Waals surface area contributed by atoms with Crippen LogP contribution in [-0.4, -0.2) is 27.0 Å². The fraction of sp³-hybridized carbons (Fsp3) is 0.269. The summed E-state index contributed by atoms with van der Waals surface area (Å²) in [4.78, 5) is 35.6. The number of hydrogen-bond donors (Lipinski definition) is 3. The zero-order valence-corrected chi connectivity index (χ0v) is 19.2. The molecular formula is C26H28N4O3. The molecule has 0 aliphatic heterocycles. The van der Waals surface area contributed by atoms with E-state index in [1.165, 1.54) is 6.07 Å². The van der Waals surface area contributed by atoms with Gasteiger partial charge in [-0.2, -0.15) is 0 Å². The maximum Gasteiger partial charge on any atom is 0.261 e. The molecule has 0 saturated heterocycles. The molecule has 2 heterocycles. The second kappa shape index (κ2) is 9.32. The molecule has 0 aliphatic carbocycles. The van der Waals surface area contributed by atoms with Gasteiger partial charge in [-0.15, -0.1) is 0 Å². The Hall–Kier alpha value is -3.87. The normalized spacial score (nSPS) is 13.0. The van der Waals surface area contributed by atoms with Crippen molar-refractivity contribution < 1.29 is 9.53 Å². The molecule has 0 spiro atoms. The first-order valence-electron chi connectivity index (χ1n) is 11.0. The number of carbonyl (C=O) groups excluding carboxylic acids is 1. The minimum Gasteiger partial charge on any atom is -0.481 e. The van der Waals surface area contributed by atoms with Crippen molar-refractivity contribution in [1.29, 1.82) is 0 Å². The van der Waals surface area contributed by atoms with Crippen LogP contribution in [0.1, 0.15) is 41.2 Å². The molecule has 7 nitrogen and oxygen atoms in total. The van der Waals surface area contributed by atoms with Gasteiger partial charge in [-0.25, -0.2) is 4.98 Å². The molecule has 7 heteroatoms. The predicted octanol–water partition coefficient (Wildman–Crippen LogP) is 4.04. The highest BCUT2D eigenvalue weighted by Crippen LogP contribution is 2.24. The van der Waals surface area contributed by atoms with Gasteiger partial charge >= 0.3 is 0 Å². The van der Waals surface area contributed by atoms with E-state index in [-0.39, 0.29) is 11.5 Å². The van der Waals surface area contributed by atoms with Crippen LogP contribution in [0, 0.1) is 20.8 Å². The Morgan fingerprint density at radius 2 is 1.82 bits per heavy atom. The van der Waals surface area contributed by atoms with Gasteiger partial charge in [0.1, 0.15) is 11.6 Å². The topological polar surface area (TPSA) is 99.9 Å². The van der Waals surface area contributed by atoms with Crippen molar-refractivity contribution in [3.63, 3.8) is 0 Å². The van der Waals surface area contributed by atoms with E-state index in [2.05, 4.69) is 26.3 Å². The first kappa shape index (κ1) is 22.3. The van der Waals surface area contributed by atoms with E-state index < -0.39 is 12.1 Å². The molecule has 2 aromatic carbocycles. The number of amides is 1. The largest absolute Gasteiger partial charge is 0.481 e. The maximum absolute atomic E-state index is 13.1. The van der Waals surface area contributed by atoms with Crippen LogP contribution >= 0.6 is 0 Å². The molecule has 33 heavy (non-hydrogen) atoms. The van der Waals surface area contributed by atoms with E-state index in [0.717, 1.165) is 27.6 Å². The van der Waals surface area contributed by atoms with Crippen molar-refractivity contribution >= 4 is 16.8 Å². The number of benzene rings is 2. The van der Waals surface area contributed by atoms with Crippen molar-refractivity contribution in [3.8, 4) is 5.75 Å². The van der Waals surface area contributed by atoms with Gasteiger partial charge in [0.2, 0.25) is 0 Å². The van der Waals surface area contributed by atoms with E-state index in [1.807, 2.05) is 56.4 Å². The Labute approximate surface area is 192 Å². The average Bonchev–Trinajstić information content (AvgIpc) is 3.14. The first-order chi connectivity index (χ1) is 15.8. The molecule has 0 bridgehead atoms. The highest BCUT2D eigenvalue weighted by molar-refractivity contribution is 5.84. The third-order valence-corrected chi connectivity index (χ3v) is 5.53.